The summed E-state index contributed by atoms with van der Waals surface area (Å²) in [5.74, 6) is 0.797. The first-order chi connectivity index (χ1) is 7.38. The molecule has 84 valence electrons. The molecule has 0 amide bonds. The Balaban J connectivity index is 2.55. The van der Waals surface area contributed by atoms with E-state index in [1.807, 2.05) is 0 Å². The number of unbranched alkanes of at least 4 members (excludes halogenated alkanes) is 2. The summed E-state index contributed by atoms with van der Waals surface area (Å²) >= 11 is 0. The Kier molecular flexibility index (Phi) is 6.15. The van der Waals surface area contributed by atoms with Gasteiger partial charge in [0.2, 0.25) is 0 Å². The summed E-state index contributed by atoms with van der Waals surface area (Å²) < 4.78 is 0. The minimum atomic E-state index is 0.797. The fourth-order valence-electron chi connectivity index (χ4n) is 2.10. The van der Waals surface area contributed by atoms with Crippen LogP contribution in [0.4, 0.5) is 0 Å². The Bertz CT molecular complexity index is 229. The van der Waals surface area contributed by atoms with E-state index < -0.39 is 0 Å². The van der Waals surface area contributed by atoms with Crippen LogP contribution in [0.5, 0.6) is 0 Å². The second-order valence-electron chi connectivity index (χ2n) is 4.39. The van der Waals surface area contributed by atoms with Gasteiger partial charge in [0.15, 0.2) is 0 Å². The highest BCUT2D eigenvalue weighted by Gasteiger charge is 2.09. The minimum Gasteiger partial charge on any atom is -0.0654 e. The lowest BCUT2D eigenvalue weighted by Gasteiger charge is -2.16. The molecule has 15 heavy (non-hydrogen) atoms. The smallest absolute Gasteiger partial charge is 0.0162 e. The molecule has 0 aliphatic carbocycles. The maximum atomic E-state index is 2.29. The average Bonchev–Trinajstić information content (AvgIpc) is 2.30. The van der Waals surface area contributed by atoms with Crippen LogP contribution in [-0.2, 0) is 0 Å². The zero-order valence-corrected chi connectivity index (χ0v) is 10.2. The molecular formula is C15H24. The first-order valence-electron chi connectivity index (χ1n) is 6.43. The molecule has 0 N–H and O–H groups in total. The van der Waals surface area contributed by atoms with Crippen molar-refractivity contribution in [3.8, 4) is 0 Å². The van der Waals surface area contributed by atoms with Gasteiger partial charge in [0.05, 0.1) is 0 Å². The van der Waals surface area contributed by atoms with E-state index in [0.29, 0.717) is 0 Å². The highest BCUT2D eigenvalue weighted by Crippen LogP contribution is 2.27. The Morgan fingerprint density at radius 3 is 1.87 bits per heavy atom. The number of hydrogen-bond donors (Lipinski definition) is 0. The van der Waals surface area contributed by atoms with Crippen LogP contribution in [0.3, 0.4) is 0 Å². The zero-order chi connectivity index (χ0) is 10.9. The molecule has 0 aliphatic rings. The van der Waals surface area contributed by atoms with Crippen LogP contribution in [0.1, 0.15) is 63.9 Å². The fourth-order valence-corrected chi connectivity index (χ4v) is 2.10. The van der Waals surface area contributed by atoms with E-state index in [1.54, 1.807) is 5.56 Å². The van der Waals surface area contributed by atoms with Gasteiger partial charge in [-0.25, -0.2) is 0 Å². The molecule has 0 aliphatic heterocycles. The van der Waals surface area contributed by atoms with E-state index in [2.05, 4.69) is 44.2 Å². The SMILES string of the molecule is CCCCC(CCCC)c1ccccc1. The molecule has 0 saturated heterocycles. The molecule has 0 nitrogen and oxygen atoms in total. The predicted octanol–water partition coefficient (Wildman–Crippen LogP) is 5.15. The lowest BCUT2D eigenvalue weighted by Crippen LogP contribution is -1.98. The van der Waals surface area contributed by atoms with E-state index in [0.717, 1.165) is 5.92 Å². The highest BCUT2D eigenvalue weighted by atomic mass is 14.1. The van der Waals surface area contributed by atoms with Gasteiger partial charge in [0, 0.05) is 0 Å². The first kappa shape index (κ1) is 12.3. The van der Waals surface area contributed by atoms with Crippen LogP contribution >= 0.6 is 0 Å². The first-order valence-corrected chi connectivity index (χ1v) is 6.43. The van der Waals surface area contributed by atoms with Gasteiger partial charge in [-0.05, 0) is 24.3 Å². The molecule has 1 aromatic carbocycles. The molecule has 0 radical (unpaired) electrons. The van der Waals surface area contributed by atoms with Crippen LogP contribution < -0.4 is 0 Å². The third-order valence-electron chi connectivity index (χ3n) is 3.08. The van der Waals surface area contributed by atoms with Crippen molar-refractivity contribution in [1.82, 2.24) is 0 Å². The van der Waals surface area contributed by atoms with Crippen molar-refractivity contribution in [2.45, 2.75) is 58.3 Å². The van der Waals surface area contributed by atoms with Gasteiger partial charge in [-0.3, -0.25) is 0 Å². The quantitative estimate of drug-likeness (QED) is 0.576. The Hall–Kier alpha value is -0.780. The molecule has 0 spiro atoms. The second kappa shape index (κ2) is 7.50. The van der Waals surface area contributed by atoms with Gasteiger partial charge in [-0.2, -0.15) is 0 Å². The summed E-state index contributed by atoms with van der Waals surface area (Å²) in [6.07, 6.45) is 8.08. The van der Waals surface area contributed by atoms with Gasteiger partial charge >= 0.3 is 0 Å². The van der Waals surface area contributed by atoms with E-state index >= 15 is 0 Å². The zero-order valence-electron chi connectivity index (χ0n) is 10.2. The van der Waals surface area contributed by atoms with Crippen molar-refractivity contribution in [2.24, 2.45) is 0 Å². The maximum absolute atomic E-state index is 2.29. The molecule has 0 atom stereocenters. The van der Waals surface area contributed by atoms with Crippen molar-refractivity contribution in [3.05, 3.63) is 35.9 Å². The molecule has 0 heterocycles. The van der Waals surface area contributed by atoms with Crippen molar-refractivity contribution >= 4 is 0 Å². The lowest BCUT2D eigenvalue weighted by atomic mass is 9.89. The van der Waals surface area contributed by atoms with Gasteiger partial charge < -0.3 is 0 Å². The third kappa shape index (κ3) is 4.51. The Morgan fingerprint density at radius 1 is 0.867 bits per heavy atom. The normalized spacial score (nSPS) is 10.9. The van der Waals surface area contributed by atoms with Gasteiger partial charge in [0.1, 0.15) is 0 Å². The summed E-state index contributed by atoms with van der Waals surface area (Å²) in [4.78, 5) is 0. The monoisotopic (exact) mass is 204 g/mol. The number of hydrogen-bond acceptors (Lipinski definition) is 0. The van der Waals surface area contributed by atoms with E-state index in [9.17, 15) is 0 Å². The van der Waals surface area contributed by atoms with Crippen LogP contribution in [0.25, 0.3) is 0 Å². The molecule has 0 heteroatoms. The summed E-state index contributed by atoms with van der Waals surface area (Å²) in [6, 6.07) is 11.0. The Morgan fingerprint density at radius 2 is 1.40 bits per heavy atom. The van der Waals surface area contributed by atoms with Gasteiger partial charge in [-0.1, -0.05) is 69.9 Å². The molecule has 0 bridgehead atoms. The van der Waals surface area contributed by atoms with Crippen molar-refractivity contribution in [2.75, 3.05) is 0 Å². The summed E-state index contributed by atoms with van der Waals surface area (Å²) in [5, 5.41) is 0. The van der Waals surface area contributed by atoms with Gasteiger partial charge in [0.25, 0.3) is 0 Å². The molecular weight excluding hydrogens is 180 g/mol. The molecule has 0 unspecified atom stereocenters. The molecule has 0 saturated carbocycles. The van der Waals surface area contributed by atoms with Crippen LogP contribution in [0.15, 0.2) is 30.3 Å². The average molecular weight is 204 g/mol. The third-order valence-corrected chi connectivity index (χ3v) is 3.08. The van der Waals surface area contributed by atoms with E-state index in [1.165, 1.54) is 38.5 Å². The van der Waals surface area contributed by atoms with Crippen LogP contribution in [0.2, 0.25) is 0 Å². The molecule has 0 aromatic heterocycles. The highest BCUT2D eigenvalue weighted by molar-refractivity contribution is 5.19. The van der Waals surface area contributed by atoms with Crippen molar-refractivity contribution in [1.29, 1.82) is 0 Å². The van der Waals surface area contributed by atoms with Gasteiger partial charge in [-0.15, -0.1) is 0 Å². The summed E-state index contributed by atoms with van der Waals surface area (Å²) in [6.45, 7) is 4.56. The van der Waals surface area contributed by atoms with E-state index in [4.69, 9.17) is 0 Å². The largest absolute Gasteiger partial charge is 0.0654 e. The molecule has 1 aromatic rings. The lowest BCUT2D eigenvalue weighted by molar-refractivity contribution is 0.525. The fraction of sp³-hybridized carbons (Fsp3) is 0.600. The molecule has 0 fully saturated rings. The topological polar surface area (TPSA) is 0 Å². The van der Waals surface area contributed by atoms with E-state index in [-0.39, 0.29) is 0 Å². The standard InChI is InChI=1S/C15H24/c1-3-5-10-14(11-6-4-2)15-12-8-7-9-13-15/h7-9,12-14H,3-6,10-11H2,1-2H3. The maximum Gasteiger partial charge on any atom is -0.0162 e. The predicted molar refractivity (Wildman–Crippen MR) is 68.2 cm³/mol. The van der Waals surface area contributed by atoms with Crippen molar-refractivity contribution < 1.29 is 0 Å². The molecule has 1 rings (SSSR count). The van der Waals surface area contributed by atoms with Crippen LogP contribution in [0, 0.1) is 0 Å². The van der Waals surface area contributed by atoms with Crippen LogP contribution in [-0.4, -0.2) is 0 Å². The summed E-state index contributed by atoms with van der Waals surface area (Å²) in [5.41, 5.74) is 1.54. The number of benzene rings is 1. The Labute approximate surface area is 94.7 Å². The minimum absolute atomic E-state index is 0.797. The van der Waals surface area contributed by atoms with Crippen molar-refractivity contribution in [3.63, 3.8) is 0 Å². The number of rotatable bonds is 7. The second-order valence-corrected chi connectivity index (χ2v) is 4.39. The summed E-state index contributed by atoms with van der Waals surface area (Å²) in [7, 11) is 0.